The van der Waals surface area contributed by atoms with Crippen LogP contribution >= 0.6 is 0 Å². The maximum Gasteiger partial charge on any atom is 0.153 e. The molecule has 3 atom stereocenters. The fourth-order valence-corrected chi connectivity index (χ4v) is 4.68. The Bertz CT molecular complexity index is 507. The number of carbonyl (C=O) groups excluding carboxylic acids is 1. The summed E-state index contributed by atoms with van der Waals surface area (Å²) in [4.78, 5) is 12.6. The molecule has 0 bridgehead atoms. The molecule has 3 fully saturated rings. The van der Waals surface area contributed by atoms with Crippen LogP contribution in [0.1, 0.15) is 44.1 Å². The normalized spacial score (nSPS) is 36.6. The standard InChI is InChI=1S/C18H23NO/c20-17(13-8-9-13)16-15-7-4-10-18(15,11-12-19-16)14-5-2-1-3-6-14/h1-3,5-6,13,15-16,19H,4,7-12H2. The average Bonchev–Trinajstić information content (AvgIpc) is 3.25. The summed E-state index contributed by atoms with van der Waals surface area (Å²) in [5.41, 5.74) is 1.74. The van der Waals surface area contributed by atoms with Gasteiger partial charge in [-0.15, -0.1) is 0 Å². The Kier molecular flexibility index (Phi) is 2.95. The van der Waals surface area contributed by atoms with Crippen molar-refractivity contribution >= 4 is 5.78 Å². The first-order valence-corrected chi connectivity index (χ1v) is 8.14. The number of rotatable bonds is 3. The quantitative estimate of drug-likeness (QED) is 0.913. The zero-order chi connectivity index (χ0) is 13.6. The van der Waals surface area contributed by atoms with Crippen molar-refractivity contribution in [2.75, 3.05) is 6.54 Å². The summed E-state index contributed by atoms with van der Waals surface area (Å²) in [5.74, 6) is 1.41. The molecule has 2 nitrogen and oxygen atoms in total. The molecule has 0 aromatic heterocycles. The summed E-state index contributed by atoms with van der Waals surface area (Å²) in [5, 5.41) is 3.56. The molecular weight excluding hydrogens is 246 g/mol. The van der Waals surface area contributed by atoms with E-state index in [9.17, 15) is 4.79 Å². The van der Waals surface area contributed by atoms with Crippen LogP contribution in [-0.2, 0) is 10.2 Å². The van der Waals surface area contributed by atoms with Crippen molar-refractivity contribution in [1.29, 1.82) is 0 Å². The van der Waals surface area contributed by atoms with Crippen molar-refractivity contribution in [2.45, 2.75) is 50.0 Å². The molecule has 2 heteroatoms. The van der Waals surface area contributed by atoms with E-state index < -0.39 is 0 Å². The first-order chi connectivity index (χ1) is 9.81. The van der Waals surface area contributed by atoms with Gasteiger partial charge in [0.25, 0.3) is 0 Å². The monoisotopic (exact) mass is 269 g/mol. The van der Waals surface area contributed by atoms with Crippen LogP contribution in [0.15, 0.2) is 30.3 Å². The van der Waals surface area contributed by atoms with Crippen molar-refractivity contribution in [3.05, 3.63) is 35.9 Å². The summed E-state index contributed by atoms with van der Waals surface area (Å²) < 4.78 is 0. The molecule has 1 heterocycles. The lowest BCUT2D eigenvalue weighted by Crippen LogP contribution is -2.55. The van der Waals surface area contributed by atoms with Crippen LogP contribution < -0.4 is 5.32 Å². The Morgan fingerprint density at radius 1 is 1.10 bits per heavy atom. The number of ketones is 1. The minimum absolute atomic E-state index is 0.124. The third-order valence-corrected chi connectivity index (χ3v) is 5.82. The van der Waals surface area contributed by atoms with Gasteiger partial charge in [0.05, 0.1) is 6.04 Å². The molecule has 0 radical (unpaired) electrons. The van der Waals surface area contributed by atoms with Gasteiger partial charge in [0.15, 0.2) is 5.78 Å². The van der Waals surface area contributed by atoms with Crippen LogP contribution in [0.3, 0.4) is 0 Å². The van der Waals surface area contributed by atoms with E-state index in [0.717, 1.165) is 19.4 Å². The first kappa shape index (κ1) is 12.6. The van der Waals surface area contributed by atoms with E-state index in [1.165, 1.54) is 31.2 Å². The van der Waals surface area contributed by atoms with Crippen LogP contribution in [0.2, 0.25) is 0 Å². The number of fused-ring (bicyclic) bond motifs is 1. The number of nitrogens with one attached hydrogen (secondary N) is 1. The highest BCUT2D eigenvalue weighted by Crippen LogP contribution is 2.52. The second-order valence-electron chi connectivity index (χ2n) is 6.88. The van der Waals surface area contributed by atoms with Gasteiger partial charge in [-0.3, -0.25) is 4.79 Å². The third-order valence-electron chi connectivity index (χ3n) is 5.82. The van der Waals surface area contributed by atoms with E-state index in [2.05, 4.69) is 35.6 Å². The van der Waals surface area contributed by atoms with Gasteiger partial charge in [-0.25, -0.2) is 0 Å². The number of benzene rings is 1. The van der Waals surface area contributed by atoms with Crippen LogP contribution in [0.4, 0.5) is 0 Å². The molecule has 4 rings (SSSR count). The van der Waals surface area contributed by atoms with Crippen LogP contribution in [0, 0.1) is 11.8 Å². The first-order valence-electron chi connectivity index (χ1n) is 8.14. The van der Waals surface area contributed by atoms with Gasteiger partial charge in [0, 0.05) is 11.3 Å². The molecule has 20 heavy (non-hydrogen) atoms. The smallest absolute Gasteiger partial charge is 0.153 e. The lowest BCUT2D eigenvalue weighted by Gasteiger charge is -2.45. The number of piperidine rings is 1. The molecule has 1 N–H and O–H groups in total. The summed E-state index contributed by atoms with van der Waals surface area (Å²) in [6.07, 6.45) is 7.19. The lowest BCUT2D eigenvalue weighted by atomic mass is 9.64. The average molecular weight is 269 g/mol. The molecule has 1 aromatic carbocycles. The highest BCUT2D eigenvalue weighted by molar-refractivity contribution is 5.89. The molecule has 1 aliphatic heterocycles. The second-order valence-corrected chi connectivity index (χ2v) is 6.88. The molecule has 3 aliphatic rings. The predicted molar refractivity (Wildman–Crippen MR) is 79.6 cm³/mol. The van der Waals surface area contributed by atoms with Gasteiger partial charge in [-0.1, -0.05) is 36.8 Å². The van der Waals surface area contributed by atoms with Crippen LogP contribution in [-0.4, -0.2) is 18.4 Å². The summed E-state index contributed by atoms with van der Waals surface area (Å²) in [7, 11) is 0. The summed E-state index contributed by atoms with van der Waals surface area (Å²) in [6, 6.07) is 11.1. The zero-order valence-corrected chi connectivity index (χ0v) is 12.0. The van der Waals surface area contributed by atoms with Crippen molar-refractivity contribution < 1.29 is 4.79 Å². The third kappa shape index (κ3) is 1.85. The van der Waals surface area contributed by atoms with E-state index in [0.29, 0.717) is 17.6 Å². The molecule has 106 valence electrons. The second kappa shape index (κ2) is 4.70. The zero-order valence-electron chi connectivity index (χ0n) is 12.0. The fourth-order valence-electron chi connectivity index (χ4n) is 4.68. The van der Waals surface area contributed by atoms with E-state index in [-0.39, 0.29) is 11.5 Å². The molecule has 3 unspecified atom stereocenters. The highest BCUT2D eigenvalue weighted by atomic mass is 16.1. The number of carbonyl (C=O) groups is 1. The molecule has 1 saturated heterocycles. The largest absolute Gasteiger partial charge is 0.307 e. The van der Waals surface area contributed by atoms with Gasteiger partial charge in [-0.05, 0) is 50.1 Å². The number of Topliss-reactive ketones (excluding diaryl/α,β-unsaturated/α-hetero) is 1. The molecule has 2 aliphatic carbocycles. The van der Waals surface area contributed by atoms with E-state index in [1.807, 2.05) is 0 Å². The number of hydrogen-bond donors (Lipinski definition) is 1. The molecule has 0 spiro atoms. The summed E-state index contributed by atoms with van der Waals surface area (Å²) >= 11 is 0. The van der Waals surface area contributed by atoms with Crippen molar-refractivity contribution in [3.63, 3.8) is 0 Å². The Morgan fingerprint density at radius 2 is 1.90 bits per heavy atom. The molecule has 2 saturated carbocycles. The van der Waals surface area contributed by atoms with E-state index in [4.69, 9.17) is 0 Å². The van der Waals surface area contributed by atoms with Gasteiger partial charge in [-0.2, -0.15) is 0 Å². The highest BCUT2D eigenvalue weighted by Gasteiger charge is 2.52. The van der Waals surface area contributed by atoms with Gasteiger partial charge in [0.1, 0.15) is 0 Å². The van der Waals surface area contributed by atoms with Gasteiger partial charge in [0.2, 0.25) is 0 Å². The summed E-state index contributed by atoms with van der Waals surface area (Å²) in [6.45, 7) is 0.995. The Morgan fingerprint density at radius 3 is 2.65 bits per heavy atom. The minimum atomic E-state index is 0.124. The Balaban J connectivity index is 1.69. The van der Waals surface area contributed by atoms with E-state index in [1.54, 1.807) is 0 Å². The topological polar surface area (TPSA) is 29.1 Å². The van der Waals surface area contributed by atoms with Crippen molar-refractivity contribution in [3.8, 4) is 0 Å². The Labute approximate surface area is 121 Å². The van der Waals surface area contributed by atoms with Gasteiger partial charge >= 0.3 is 0 Å². The van der Waals surface area contributed by atoms with Crippen molar-refractivity contribution in [1.82, 2.24) is 5.32 Å². The van der Waals surface area contributed by atoms with Crippen molar-refractivity contribution in [2.24, 2.45) is 11.8 Å². The molecule has 0 amide bonds. The lowest BCUT2D eigenvalue weighted by molar-refractivity contribution is -0.125. The van der Waals surface area contributed by atoms with Crippen LogP contribution in [0.25, 0.3) is 0 Å². The fraction of sp³-hybridized carbons (Fsp3) is 0.611. The van der Waals surface area contributed by atoms with E-state index >= 15 is 0 Å². The van der Waals surface area contributed by atoms with Crippen LogP contribution in [0.5, 0.6) is 0 Å². The molecule has 1 aromatic rings. The SMILES string of the molecule is O=C(C1CC1)C1NCCC2(c3ccccc3)CCCC12. The molecular formula is C18H23NO. The number of hydrogen-bond acceptors (Lipinski definition) is 2. The Hall–Kier alpha value is -1.15. The maximum atomic E-state index is 12.6. The maximum absolute atomic E-state index is 12.6. The predicted octanol–water partition coefficient (Wildman–Crippen LogP) is 3.07. The van der Waals surface area contributed by atoms with Gasteiger partial charge < -0.3 is 5.32 Å². The minimum Gasteiger partial charge on any atom is -0.307 e.